The Hall–Kier alpha value is -1.69. The highest BCUT2D eigenvalue weighted by molar-refractivity contribution is 5.62. The van der Waals surface area contributed by atoms with Crippen molar-refractivity contribution in [1.82, 2.24) is 4.90 Å². The third kappa shape index (κ3) is 3.20. The van der Waals surface area contributed by atoms with E-state index >= 15 is 0 Å². The molecule has 1 aromatic rings. The normalized spacial score (nSPS) is 17.4. The second-order valence-corrected chi connectivity index (χ2v) is 4.75. The predicted molar refractivity (Wildman–Crippen MR) is 71.8 cm³/mol. The van der Waals surface area contributed by atoms with Crippen molar-refractivity contribution in [2.45, 2.75) is 25.8 Å². The highest BCUT2D eigenvalue weighted by Gasteiger charge is 2.24. The van der Waals surface area contributed by atoms with Gasteiger partial charge < -0.3 is 10.2 Å². The minimum atomic E-state index is -0.791. The van der Waals surface area contributed by atoms with Crippen molar-refractivity contribution >= 4 is 11.4 Å². The Morgan fingerprint density at radius 2 is 2.16 bits per heavy atom. The largest absolute Gasteiger partial charge is 0.377 e. The van der Waals surface area contributed by atoms with Crippen LogP contribution < -0.4 is 5.32 Å². The van der Waals surface area contributed by atoms with Crippen LogP contribution in [0.25, 0.3) is 0 Å². The molecule has 5 nitrogen and oxygen atoms in total. The van der Waals surface area contributed by atoms with Crippen LogP contribution in [0, 0.1) is 15.9 Å². The molecule has 104 valence electrons. The van der Waals surface area contributed by atoms with Crippen molar-refractivity contribution in [2.24, 2.45) is 0 Å². The van der Waals surface area contributed by atoms with E-state index in [4.69, 9.17) is 0 Å². The summed E-state index contributed by atoms with van der Waals surface area (Å²) in [5.41, 5.74) is -0.180. The number of nitrogens with zero attached hydrogens (tertiary/aromatic N) is 2. The molecule has 0 atom stereocenters. The fourth-order valence-electron chi connectivity index (χ4n) is 2.43. The maximum Gasteiger partial charge on any atom is 0.327 e. The predicted octanol–water partition coefficient (Wildman–Crippen LogP) is 2.63. The molecule has 1 N–H and O–H groups in total. The summed E-state index contributed by atoms with van der Waals surface area (Å²) < 4.78 is 13.5. The first-order chi connectivity index (χ1) is 9.11. The zero-order valence-corrected chi connectivity index (χ0v) is 10.9. The first kappa shape index (κ1) is 13.7. The van der Waals surface area contributed by atoms with Gasteiger partial charge in [-0.3, -0.25) is 10.1 Å². The zero-order valence-electron chi connectivity index (χ0n) is 10.9. The van der Waals surface area contributed by atoms with E-state index in [-0.39, 0.29) is 11.7 Å². The lowest BCUT2D eigenvalue weighted by Crippen LogP contribution is -2.38. The molecule has 1 saturated heterocycles. The van der Waals surface area contributed by atoms with Crippen LogP contribution in [0.15, 0.2) is 18.2 Å². The van der Waals surface area contributed by atoms with E-state index in [0.717, 1.165) is 38.5 Å². The van der Waals surface area contributed by atoms with Crippen molar-refractivity contribution in [3.05, 3.63) is 34.1 Å². The van der Waals surface area contributed by atoms with Gasteiger partial charge in [-0.25, -0.2) is 0 Å². The standard InChI is InChI=1S/C13H18FN3O2/c1-2-16-8-6-10(7-9-16)15-12-5-3-4-11(14)13(12)17(18)19/h3-5,10,15H,2,6-9H2,1H3. The number of nitro benzene ring substituents is 1. The minimum Gasteiger partial charge on any atom is -0.377 e. The third-order valence-electron chi connectivity index (χ3n) is 3.56. The third-order valence-corrected chi connectivity index (χ3v) is 3.56. The van der Waals surface area contributed by atoms with Crippen LogP contribution in [0.2, 0.25) is 0 Å². The summed E-state index contributed by atoms with van der Waals surface area (Å²) in [5, 5.41) is 14.0. The maximum absolute atomic E-state index is 13.5. The molecule has 0 amide bonds. The number of benzene rings is 1. The maximum atomic E-state index is 13.5. The zero-order chi connectivity index (χ0) is 13.8. The van der Waals surface area contributed by atoms with E-state index in [0.29, 0.717) is 0 Å². The number of rotatable bonds is 4. The fourth-order valence-corrected chi connectivity index (χ4v) is 2.43. The molecule has 1 aromatic carbocycles. The van der Waals surface area contributed by atoms with Gasteiger partial charge in [0, 0.05) is 19.1 Å². The van der Waals surface area contributed by atoms with Crippen LogP contribution in [0.1, 0.15) is 19.8 Å². The summed E-state index contributed by atoms with van der Waals surface area (Å²) in [7, 11) is 0. The molecular weight excluding hydrogens is 249 g/mol. The van der Waals surface area contributed by atoms with Crippen LogP contribution in [-0.2, 0) is 0 Å². The second-order valence-electron chi connectivity index (χ2n) is 4.75. The van der Waals surface area contributed by atoms with E-state index in [9.17, 15) is 14.5 Å². The number of halogens is 1. The first-order valence-electron chi connectivity index (χ1n) is 6.53. The van der Waals surface area contributed by atoms with Gasteiger partial charge in [0.1, 0.15) is 5.69 Å². The smallest absolute Gasteiger partial charge is 0.327 e. The molecule has 1 heterocycles. The highest BCUT2D eigenvalue weighted by atomic mass is 19.1. The van der Waals surface area contributed by atoms with Crippen LogP contribution in [0.5, 0.6) is 0 Å². The minimum absolute atomic E-state index is 0.170. The Morgan fingerprint density at radius 3 is 2.74 bits per heavy atom. The average Bonchev–Trinajstić information content (AvgIpc) is 2.39. The Morgan fingerprint density at radius 1 is 1.47 bits per heavy atom. The average molecular weight is 267 g/mol. The monoisotopic (exact) mass is 267 g/mol. The fraction of sp³-hybridized carbons (Fsp3) is 0.538. The molecule has 0 bridgehead atoms. The van der Waals surface area contributed by atoms with Gasteiger partial charge in [0.2, 0.25) is 5.82 Å². The van der Waals surface area contributed by atoms with Gasteiger partial charge in [0.05, 0.1) is 4.92 Å². The topological polar surface area (TPSA) is 58.4 Å². The summed E-state index contributed by atoms with van der Waals surface area (Å²) in [4.78, 5) is 12.6. The number of nitro groups is 1. The Bertz CT molecular complexity index is 459. The van der Waals surface area contributed by atoms with E-state index in [1.54, 1.807) is 6.07 Å². The van der Waals surface area contributed by atoms with Gasteiger partial charge in [0.25, 0.3) is 0 Å². The lowest BCUT2D eigenvalue weighted by molar-refractivity contribution is -0.386. The van der Waals surface area contributed by atoms with E-state index in [1.807, 2.05) is 0 Å². The SMILES string of the molecule is CCN1CCC(Nc2cccc(F)c2[N+](=O)[O-])CC1. The van der Waals surface area contributed by atoms with Gasteiger partial charge in [0.15, 0.2) is 0 Å². The number of nitrogens with one attached hydrogen (secondary N) is 1. The lowest BCUT2D eigenvalue weighted by atomic mass is 10.0. The van der Waals surface area contributed by atoms with Crippen LogP contribution >= 0.6 is 0 Å². The lowest BCUT2D eigenvalue weighted by Gasteiger charge is -2.31. The van der Waals surface area contributed by atoms with Crippen molar-refractivity contribution in [1.29, 1.82) is 0 Å². The highest BCUT2D eigenvalue weighted by Crippen LogP contribution is 2.29. The number of anilines is 1. The quantitative estimate of drug-likeness (QED) is 0.673. The van der Waals surface area contributed by atoms with Gasteiger partial charge in [-0.2, -0.15) is 4.39 Å². The Labute approximate surface area is 111 Å². The molecule has 0 unspecified atom stereocenters. The molecule has 1 fully saturated rings. The molecule has 0 aliphatic carbocycles. The Balaban J connectivity index is 2.08. The second kappa shape index (κ2) is 5.97. The summed E-state index contributed by atoms with van der Waals surface area (Å²) >= 11 is 0. The molecule has 0 radical (unpaired) electrons. The van der Waals surface area contributed by atoms with Crippen molar-refractivity contribution < 1.29 is 9.31 Å². The number of hydrogen-bond acceptors (Lipinski definition) is 4. The van der Waals surface area contributed by atoms with Crippen molar-refractivity contribution in [2.75, 3.05) is 25.0 Å². The number of likely N-dealkylation sites (tertiary alicyclic amines) is 1. The van der Waals surface area contributed by atoms with Crippen molar-refractivity contribution in [3.8, 4) is 0 Å². The van der Waals surface area contributed by atoms with Gasteiger partial charge >= 0.3 is 5.69 Å². The van der Waals surface area contributed by atoms with E-state index in [1.165, 1.54) is 6.07 Å². The number of hydrogen-bond donors (Lipinski definition) is 1. The molecule has 6 heteroatoms. The molecule has 0 spiro atoms. The molecular formula is C13H18FN3O2. The Kier molecular flexibility index (Phi) is 4.31. The molecule has 2 rings (SSSR count). The molecule has 0 aromatic heterocycles. The van der Waals surface area contributed by atoms with Crippen LogP contribution in [0.3, 0.4) is 0 Å². The molecule has 19 heavy (non-hydrogen) atoms. The summed E-state index contributed by atoms with van der Waals surface area (Å²) in [6.07, 6.45) is 1.84. The van der Waals surface area contributed by atoms with E-state index in [2.05, 4.69) is 17.1 Å². The number of piperidine rings is 1. The summed E-state index contributed by atoms with van der Waals surface area (Å²) in [6, 6.07) is 4.34. The van der Waals surface area contributed by atoms with Crippen molar-refractivity contribution in [3.63, 3.8) is 0 Å². The van der Waals surface area contributed by atoms with Gasteiger partial charge in [-0.05, 0) is 31.5 Å². The van der Waals surface area contributed by atoms with E-state index < -0.39 is 16.4 Å². The molecule has 0 saturated carbocycles. The van der Waals surface area contributed by atoms with Crippen LogP contribution in [-0.4, -0.2) is 35.5 Å². The van der Waals surface area contributed by atoms with Crippen LogP contribution in [0.4, 0.5) is 15.8 Å². The van der Waals surface area contributed by atoms with Gasteiger partial charge in [-0.1, -0.05) is 13.0 Å². The summed E-state index contributed by atoms with van der Waals surface area (Å²) in [5.74, 6) is -0.791. The molecule has 1 aliphatic rings. The first-order valence-corrected chi connectivity index (χ1v) is 6.53. The number of para-hydroxylation sites is 1. The van der Waals surface area contributed by atoms with Gasteiger partial charge in [-0.15, -0.1) is 0 Å². The molecule has 1 aliphatic heterocycles. The summed E-state index contributed by atoms with van der Waals surface area (Å²) in [6.45, 7) is 5.08.